The molecular weight excluding hydrogens is 449 g/mol. The first-order chi connectivity index (χ1) is 15.4. The maximum Gasteiger partial charge on any atom is 0.264 e. The summed E-state index contributed by atoms with van der Waals surface area (Å²) in [4.78, 5) is 17.4. The molecular formula is C23H16FN3O3S2. The molecule has 0 saturated heterocycles. The lowest BCUT2D eigenvalue weighted by molar-refractivity contribution is 0.0965. The number of fused-ring (bicyclic) bond motifs is 1. The van der Waals surface area contributed by atoms with Gasteiger partial charge in [0.1, 0.15) is 10.7 Å². The summed E-state index contributed by atoms with van der Waals surface area (Å²) in [5, 5.41) is 2.81. The van der Waals surface area contributed by atoms with E-state index in [1.807, 2.05) is 30.3 Å². The van der Waals surface area contributed by atoms with Crippen molar-refractivity contribution in [2.24, 2.45) is 0 Å². The van der Waals surface area contributed by atoms with Crippen molar-refractivity contribution in [3.05, 3.63) is 90.0 Å². The SMILES string of the molecule is O=C1NCc2cc(-c3ccc(-c4cncc(NS(=O)(=O)c5ccccc5F)c4)s3)ccc21. The van der Waals surface area contributed by atoms with Crippen molar-refractivity contribution in [1.82, 2.24) is 10.3 Å². The highest BCUT2D eigenvalue weighted by Crippen LogP contribution is 2.36. The first kappa shape index (κ1) is 20.3. The highest BCUT2D eigenvalue weighted by Gasteiger charge is 2.20. The van der Waals surface area contributed by atoms with Crippen molar-refractivity contribution >= 4 is 33.0 Å². The van der Waals surface area contributed by atoms with Gasteiger partial charge in [-0.05, 0) is 53.6 Å². The van der Waals surface area contributed by atoms with E-state index in [-0.39, 0.29) is 11.6 Å². The van der Waals surface area contributed by atoms with Crippen molar-refractivity contribution in [2.75, 3.05) is 4.72 Å². The van der Waals surface area contributed by atoms with Crippen LogP contribution >= 0.6 is 11.3 Å². The quantitative estimate of drug-likeness (QED) is 0.449. The second kappa shape index (κ2) is 7.85. The highest BCUT2D eigenvalue weighted by atomic mass is 32.2. The lowest BCUT2D eigenvalue weighted by Gasteiger charge is -2.09. The Morgan fingerprint density at radius 2 is 1.75 bits per heavy atom. The average molecular weight is 466 g/mol. The summed E-state index contributed by atoms with van der Waals surface area (Å²) in [5.41, 5.74) is 3.63. The van der Waals surface area contributed by atoms with Crippen LogP contribution in [0.4, 0.5) is 10.1 Å². The first-order valence-corrected chi connectivity index (χ1v) is 11.9. The third-order valence-electron chi connectivity index (χ3n) is 5.08. The number of sulfonamides is 1. The standard InChI is InChI=1S/C23H16FN3O3S2/c24-19-3-1-2-4-22(19)32(29,30)27-17-10-16(11-25-13-17)21-8-7-20(31-21)14-5-6-18-15(9-14)12-26-23(18)28/h1-11,13,27H,12H2,(H,26,28). The molecule has 5 rings (SSSR count). The molecule has 1 amide bonds. The van der Waals surface area contributed by atoms with Gasteiger partial charge in [0, 0.05) is 33.6 Å². The molecule has 6 nitrogen and oxygen atoms in total. The molecule has 4 aromatic rings. The van der Waals surface area contributed by atoms with Crippen LogP contribution in [0.3, 0.4) is 0 Å². The summed E-state index contributed by atoms with van der Waals surface area (Å²) >= 11 is 1.53. The normalized spacial score (nSPS) is 13.0. The minimum Gasteiger partial charge on any atom is -0.348 e. The van der Waals surface area contributed by atoms with Crippen LogP contribution in [0.1, 0.15) is 15.9 Å². The third-order valence-corrected chi connectivity index (χ3v) is 7.68. The number of nitrogens with zero attached hydrogens (tertiary/aromatic N) is 1. The predicted molar refractivity (Wildman–Crippen MR) is 121 cm³/mol. The molecule has 2 N–H and O–H groups in total. The molecule has 0 spiro atoms. The summed E-state index contributed by atoms with van der Waals surface area (Å²) in [6.45, 7) is 0.522. The summed E-state index contributed by atoms with van der Waals surface area (Å²) in [6.07, 6.45) is 3.02. The molecule has 0 atom stereocenters. The van der Waals surface area contributed by atoms with E-state index in [1.54, 1.807) is 12.3 Å². The Morgan fingerprint density at radius 1 is 0.969 bits per heavy atom. The number of thiophene rings is 1. The van der Waals surface area contributed by atoms with Gasteiger partial charge >= 0.3 is 0 Å². The van der Waals surface area contributed by atoms with Crippen LogP contribution in [0.25, 0.3) is 20.9 Å². The molecule has 0 unspecified atom stereocenters. The smallest absolute Gasteiger partial charge is 0.264 e. The van der Waals surface area contributed by atoms with Crippen molar-refractivity contribution in [3.8, 4) is 20.9 Å². The monoisotopic (exact) mass is 465 g/mol. The number of carbonyl (C=O) groups excluding carboxylic acids is 1. The molecule has 1 aliphatic heterocycles. The Balaban J connectivity index is 1.42. The largest absolute Gasteiger partial charge is 0.348 e. The Labute approximate surface area is 187 Å². The van der Waals surface area contributed by atoms with Gasteiger partial charge in [-0.25, -0.2) is 12.8 Å². The number of hydrogen-bond acceptors (Lipinski definition) is 5. The summed E-state index contributed by atoms with van der Waals surface area (Å²) in [7, 11) is -4.09. The lowest BCUT2D eigenvalue weighted by Crippen LogP contribution is -2.14. The van der Waals surface area contributed by atoms with E-state index in [4.69, 9.17) is 0 Å². The zero-order valence-corrected chi connectivity index (χ0v) is 18.1. The average Bonchev–Trinajstić information content (AvgIpc) is 3.41. The Kier molecular flexibility index (Phi) is 4.99. The van der Waals surface area contributed by atoms with Crippen LogP contribution < -0.4 is 10.0 Å². The minimum atomic E-state index is -4.09. The molecule has 2 aromatic carbocycles. The molecule has 1 aliphatic rings. The van der Waals surface area contributed by atoms with E-state index in [9.17, 15) is 17.6 Å². The maximum atomic E-state index is 13.9. The number of carbonyl (C=O) groups is 1. The van der Waals surface area contributed by atoms with Crippen molar-refractivity contribution in [3.63, 3.8) is 0 Å². The molecule has 9 heteroatoms. The first-order valence-electron chi connectivity index (χ1n) is 9.65. The molecule has 0 aliphatic carbocycles. The van der Waals surface area contributed by atoms with Crippen molar-refractivity contribution in [2.45, 2.75) is 11.4 Å². The van der Waals surface area contributed by atoms with E-state index in [1.165, 1.54) is 35.7 Å². The molecule has 0 saturated carbocycles. The fraction of sp³-hybridized carbons (Fsp3) is 0.0435. The topological polar surface area (TPSA) is 88.2 Å². The molecule has 160 valence electrons. The summed E-state index contributed by atoms with van der Waals surface area (Å²) in [5.74, 6) is -0.877. The van der Waals surface area contributed by atoms with E-state index in [0.717, 1.165) is 32.5 Å². The number of benzene rings is 2. The van der Waals surface area contributed by atoms with Gasteiger partial charge in [-0.3, -0.25) is 14.5 Å². The fourth-order valence-electron chi connectivity index (χ4n) is 3.54. The van der Waals surface area contributed by atoms with Gasteiger partial charge in [-0.2, -0.15) is 0 Å². The molecule has 0 fully saturated rings. The third kappa shape index (κ3) is 3.76. The predicted octanol–water partition coefficient (Wildman–Crippen LogP) is 4.66. The van der Waals surface area contributed by atoms with Crippen molar-refractivity contribution < 1.29 is 17.6 Å². The van der Waals surface area contributed by atoms with Gasteiger partial charge in [0.05, 0.1) is 11.9 Å². The van der Waals surface area contributed by atoms with Crippen LogP contribution in [0.5, 0.6) is 0 Å². The van der Waals surface area contributed by atoms with Gasteiger partial charge < -0.3 is 5.32 Å². The lowest BCUT2D eigenvalue weighted by atomic mass is 10.1. The number of rotatable bonds is 5. The van der Waals surface area contributed by atoms with Crippen LogP contribution in [-0.4, -0.2) is 19.3 Å². The zero-order valence-electron chi connectivity index (χ0n) is 16.5. The zero-order chi connectivity index (χ0) is 22.3. The number of halogens is 1. The molecule has 0 bridgehead atoms. The summed E-state index contributed by atoms with van der Waals surface area (Å²) in [6, 6.07) is 16.5. The van der Waals surface area contributed by atoms with E-state index in [0.29, 0.717) is 12.1 Å². The van der Waals surface area contributed by atoms with E-state index in [2.05, 4.69) is 15.0 Å². The summed E-state index contributed by atoms with van der Waals surface area (Å²) < 4.78 is 41.5. The van der Waals surface area contributed by atoms with Crippen molar-refractivity contribution in [1.29, 1.82) is 0 Å². The van der Waals surface area contributed by atoms with Gasteiger partial charge in [0.15, 0.2) is 0 Å². The number of aromatic nitrogens is 1. The minimum absolute atomic E-state index is 0.0563. The van der Waals surface area contributed by atoms with Crippen LogP contribution in [0, 0.1) is 5.82 Å². The number of anilines is 1. The van der Waals surface area contributed by atoms with Crippen LogP contribution in [-0.2, 0) is 16.6 Å². The molecule has 0 radical (unpaired) electrons. The second-order valence-electron chi connectivity index (χ2n) is 7.22. The van der Waals surface area contributed by atoms with E-state index < -0.39 is 20.7 Å². The Morgan fingerprint density at radius 3 is 2.56 bits per heavy atom. The van der Waals surface area contributed by atoms with Gasteiger partial charge in [0.25, 0.3) is 15.9 Å². The van der Waals surface area contributed by atoms with Crippen LogP contribution in [0.2, 0.25) is 0 Å². The van der Waals surface area contributed by atoms with Gasteiger partial charge in [-0.1, -0.05) is 18.2 Å². The maximum absolute atomic E-state index is 13.9. The number of hydrogen-bond donors (Lipinski definition) is 2. The molecule has 3 heterocycles. The number of pyridine rings is 1. The molecule has 2 aromatic heterocycles. The fourth-order valence-corrected chi connectivity index (χ4v) is 5.63. The van der Waals surface area contributed by atoms with Gasteiger partial charge in [-0.15, -0.1) is 11.3 Å². The Bertz CT molecular complexity index is 1460. The van der Waals surface area contributed by atoms with E-state index >= 15 is 0 Å². The number of amides is 1. The Hall–Kier alpha value is -3.56. The second-order valence-corrected chi connectivity index (χ2v) is 9.95. The van der Waals surface area contributed by atoms with Gasteiger partial charge in [0.2, 0.25) is 0 Å². The van der Waals surface area contributed by atoms with Crippen LogP contribution in [0.15, 0.2) is 78.0 Å². The number of nitrogens with one attached hydrogen (secondary N) is 2. The highest BCUT2D eigenvalue weighted by molar-refractivity contribution is 7.92. The molecule has 32 heavy (non-hydrogen) atoms.